The molecule has 0 spiro atoms. The van der Waals surface area contributed by atoms with E-state index in [-0.39, 0.29) is 11.7 Å². The van der Waals surface area contributed by atoms with Crippen LogP contribution < -0.4 is 11.1 Å². The first-order chi connectivity index (χ1) is 9.19. The Bertz CT molecular complexity index is 461. The summed E-state index contributed by atoms with van der Waals surface area (Å²) in [5.41, 5.74) is 6.67. The van der Waals surface area contributed by atoms with Crippen molar-refractivity contribution in [1.29, 1.82) is 0 Å². The summed E-state index contributed by atoms with van der Waals surface area (Å²) in [5.74, 6) is 2.69. The zero-order chi connectivity index (χ0) is 13.7. The summed E-state index contributed by atoms with van der Waals surface area (Å²) in [7, 11) is 0. The number of hydrogen-bond acceptors (Lipinski definition) is 4. The fraction of sp³-hybridized carbons (Fsp3) is 0.462. The van der Waals surface area contributed by atoms with Crippen LogP contribution in [-0.2, 0) is 6.54 Å². The minimum atomic E-state index is -0.377. The molecule has 1 unspecified atom stereocenters. The lowest BCUT2D eigenvalue weighted by atomic mass is 10.1. The first-order valence-electron chi connectivity index (χ1n) is 6.25. The van der Waals surface area contributed by atoms with Gasteiger partial charge in [-0.05, 0) is 54.2 Å². The Hall–Kier alpha value is -1.27. The summed E-state index contributed by atoms with van der Waals surface area (Å²) in [6.07, 6.45) is 1.25. The van der Waals surface area contributed by atoms with Crippen molar-refractivity contribution in [3.05, 3.63) is 35.1 Å². The van der Waals surface area contributed by atoms with Crippen LogP contribution in [0.5, 0.6) is 0 Å². The molecule has 1 saturated heterocycles. The third-order valence-electron chi connectivity index (χ3n) is 3.15. The first-order valence-corrected chi connectivity index (χ1v) is 7.40. The van der Waals surface area contributed by atoms with Crippen LogP contribution in [0.2, 0.25) is 0 Å². The molecule has 1 fully saturated rings. The van der Waals surface area contributed by atoms with Crippen molar-refractivity contribution < 1.29 is 9.60 Å². The highest BCUT2D eigenvalue weighted by atomic mass is 32.2. The van der Waals surface area contributed by atoms with Gasteiger partial charge >= 0.3 is 0 Å². The number of thioether (sulfide) groups is 1. The summed E-state index contributed by atoms with van der Waals surface area (Å²) in [6.45, 7) is 1.53. The van der Waals surface area contributed by atoms with Gasteiger partial charge in [-0.1, -0.05) is 5.16 Å². The van der Waals surface area contributed by atoms with Gasteiger partial charge in [0.1, 0.15) is 5.82 Å². The number of amidine groups is 1. The molecule has 1 heterocycles. The van der Waals surface area contributed by atoms with E-state index in [1.165, 1.54) is 30.1 Å². The molecule has 4 nitrogen and oxygen atoms in total. The summed E-state index contributed by atoms with van der Waals surface area (Å²) in [5, 5.41) is 14.8. The van der Waals surface area contributed by atoms with Gasteiger partial charge in [-0.25, -0.2) is 4.39 Å². The van der Waals surface area contributed by atoms with Crippen molar-refractivity contribution in [3.8, 4) is 0 Å². The molecule has 0 aliphatic carbocycles. The Balaban J connectivity index is 1.93. The molecule has 6 heteroatoms. The van der Waals surface area contributed by atoms with E-state index in [1.54, 1.807) is 6.07 Å². The number of benzene rings is 1. The molecule has 4 N–H and O–H groups in total. The van der Waals surface area contributed by atoms with Gasteiger partial charge in [-0.2, -0.15) is 11.8 Å². The van der Waals surface area contributed by atoms with Crippen LogP contribution in [0.4, 0.5) is 4.39 Å². The minimum Gasteiger partial charge on any atom is -0.409 e. The maximum atomic E-state index is 13.4. The average molecular weight is 283 g/mol. The fourth-order valence-corrected chi connectivity index (χ4v) is 3.41. The highest BCUT2D eigenvalue weighted by molar-refractivity contribution is 7.99. The van der Waals surface area contributed by atoms with E-state index in [4.69, 9.17) is 10.9 Å². The second-order valence-electron chi connectivity index (χ2n) is 4.69. The molecular weight excluding hydrogens is 265 g/mol. The van der Waals surface area contributed by atoms with E-state index in [0.717, 1.165) is 12.1 Å². The standard InChI is InChI=1S/C13H18FN3OS/c14-12-4-10(3-11(5-12)13(15)17-18)7-16-6-9-1-2-19-8-9/h3-5,9,16,18H,1-2,6-8H2,(H2,15,17). The monoisotopic (exact) mass is 283 g/mol. The zero-order valence-corrected chi connectivity index (χ0v) is 11.4. The topological polar surface area (TPSA) is 70.6 Å². The second-order valence-corrected chi connectivity index (χ2v) is 5.84. The summed E-state index contributed by atoms with van der Waals surface area (Å²) >= 11 is 1.98. The summed E-state index contributed by atoms with van der Waals surface area (Å²) in [6, 6.07) is 4.45. The average Bonchev–Trinajstić information content (AvgIpc) is 2.90. The molecule has 1 atom stereocenters. The van der Waals surface area contributed by atoms with Crippen LogP contribution in [0, 0.1) is 11.7 Å². The number of nitrogens with one attached hydrogen (secondary N) is 1. The molecule has 0 aromatic heterocycles. The number of oxime groups is 1. The Morgan fingerprint density at radius 1 is 1.53 bits per heavy atom. The van der Waals surface area contributed by atoms with Gasteiger partial charge in [0, 0.05) is 12.1 Å². The van der Waals surface area contributed by atoms with E-state index >= 15 is 0 Å². The second kappa shape index (κ2) is 6.77. The molecule has 1 aliphatic rings. The summed E-state index contributed by atoms with van der Waals surface area (Å²) in [4.78, 5) is 0. The van der Waals surface area contributed by atoms with Crippen molar-refractivity contribution in [2.24, 2.45) is 16.8 Å². The number of hydrogen-bond donors (Lipinski definition) is 3. The molecule has 1 aromatic carbocycles. The lowest BCUT2D eigenvalue weighted by molar-refractivity contribution is 0.318. The molecular formula is C13H18FN3OS. The van der Waals surface area contributed by atoms with Crippen LogP contribution in [0.3, 0.4) is 0 Å². The van der Waals surface area contributed by atoms with Crippen molar-refractivity contribution in [3.63, 3.8) is 0 Å². The van der Waals surface area contributed by atoms with Gasteiger partial charge in [-0.3, -0.25) is 0 Å². The maximum Gasteiger partial charge on any atom is 0.170 e. The van der Waals surface area contributed by atoms with Gasteiger partial charge in [0.25, 0.3) is 0 Å². The SMILES string of the molecule is N/C(=N/O)c1cc(F)cc(CNCC2CCSC2)c1. The molecule has 1 aliphatic heterocycles. The van der Waals surface area contributed by atoms with Crippen molar-refractivity contribution in [1.82, 2.24) is 5.32 Å². The van der Waals surface area contributed by atoms with Crippen LogP contribution in [0.25, 0.3) is 0 Å². The largest absolute Gasteiger partial charge is 0.409 e. The molecule has 104 valence electrons. The first kappa shape index (κ1) is 14.1. The number of halogens is 1. The van der Waals surface area contributed by atoms with Gasteiger partial charge in [0.05, 0.1) is 0 Å². The van der Waals surface area contributed by atoms with Crippen molar-refractivity contribution in [2.45, 2.75) is 13.0 Å². The third-order valence-corrected chi connectivity index (χ3v) is 4.38. The van der Waals surface area contributed by atoms with Crippen molar-refractivity contribution in [2.75, 3.05) is 18.1 Å². The highest BCUT2D eigenvalue weighted by Crippen LogP contribution is 2.22. The molecule has 2 rings (SSSR count). The van der Waals surface area contributed by atoms with Gasteiger partial charge < -0.3 is 16.3 Å². The third kappa shape index (κ3) is 4.11. The maximum absolute atomic E-state index is 13.4. The van der Waals surface area contributed by atoms with Crippen LogP contribution in [0.1, 0.15) is 17.5 Å². The van der Waals surface area contributed by atoms with Gasteiger partial charge in [0.2, 0.25) is 0 Å². The fourth-order valence-electron chi connectivity index (χ4n) is 2.12. The summed E-state index contributed by atoms with van der Waals surface area (Å²) < 4.78 is 13.4. The lowest BCUT2D eigenvalue weighted by Crippen LogP contribution is -2.22. The quantitative estimate of drug-likeness (QED) is 0.333. The molecule has 0 amide bonds. The Morgan fingerprint density at radius 2 is 2.37 bits per heavy atom. The van der Waals surface area contributed by atoms with Crippen LogP contribution in [-0.4, -0.2) is 29.1 Å². The normalized spacial score (nSPS) is 19.8. The van der Waals surface area contributed by atoms with Crippen LogP contribution >= 0.6 is 11.8 Å². The molecule has 19 heavy (non-hydrogen) atoms. The molecule has 0 saturated carbocycles. The molecule has 0 radical (unpaired) electrons. The lowest BCUT2D eigenvalue weighted by Gasteiger charge is -2.11. The van der Waals surface area contributed by atoms with Crippen LogP contribution in [0.15, 0.2) is 23.4 Å². The van der Waals surface area contributed by atoms with E-state index < -0.39 is 0 Å². The van der Waals surface area contributed by atoms with E-state index in [0.29, 0.717) is 18.0 Å². The number of rotatable bonds is 5. The Morgan fingerprint density at radius 3 is 3.05 bits per heavy atom. The van der Waals surface area contributed by atoms with E-state index in [1.807, 2.05) is 11.8 Å². The predicted molar refractivity (Wildman–Crippen MR) is 76.0 cm³/mol. The van der Waals surface area contributed by atoms with Gasteiger partial charge in [0.15, 0.2) is 5.84 Å². The molecule has 0 bridgehead atoms. The smallest absolute Gasteiger partial charge is 0.170 e. The predicted octanol–water partition coefficient (Wildman–Crippen LogP) is 1.76. The Kier molecular flexibility index (Phi) is 5.04. The highest BCUT2D eigenvalue weighted by Gasteiger charge is 2.14. The number of nitrogens with two attached hydrogens (primary N) is 1. The zero-order valence-electron chi connectivity index (χ0n) is 10.6. The van der Waals surface area contributed by atoms with E-state index in [9.17, 15) is 4.39 Å². The Labute approximate surface area is 116 Å². The van der Waals surface area contributed by atoms with Crippen molar-refractivity contribution >= 4 is 17.6 Å². The molecule has 1 aromatic rings. The van der Waals surface area contributed by atoms with Gasteiger partial charge in [-0.15, -0.1) is 0 Å². The minimum absolute atomic E-state index is 0.0760. The van der Waals surface area contributed by atoms with E-state index in [2.05, 4.69) is 10.5 Å². The number of nitrogens with zero attached hydrogens (tertiary/aromatic N) is 1.